The zero-order valence-corrected chi connectivity index (χ0v) is 12.0. The van der Waals surface area contributed by atoms with Crippen LogP contribution in [0, 0.1) is 0 Å². The first-order valence-electron chi connectivity index (χ1n) is 6.72. The highest BCUT2D eigenvalue weighted by atomic mass is 16.5. The Labute approximate surface area is 122 Å². The van der Waals surface area contributed by atoms with Crippen molar-refractivity contribution in [1.29, 1.82) is 0 Å². The smallest absolute Gasteiger partial charge is 0.241 e. The number of carbonyl (C=O) groups is 3. The lowest BCUT2D eigenvalue weighted by molar-refractivity contribution is -0.134. The second-order valence-electron chi connectivity index (χ2n) is 4.98. The molecule has 0 aromatic heterocycles. The summed E-state index contributed by atoms with van der Waals surface area (Å²) in [5, 5.41) is 5.71. The Kier molecular flexibility index (Phi) is 4.82. The molecule has 1 amide bonds. The summed E-state index contributed by atoms with van der Waals surface area (Å²) in [6.45, 7) is 1.81. The van der Waals surface area contributed by atoms with Crippen LogP contribution in [0.3, 0.4) is 0 Å². The summed E-state index contributed by atoms with van der Waals surface area (Å²) < 4.78 is 5.01. The minimum absolute atomic E-state index is 0.0296. The number of methoxy groups -OCH3 is 1. The number of anilines is 1. The van der Waals surface area contributed by atoms with Crippen molar-refractivity contribution in [1.82, 2.24) is 5.32 Å². The van der Waals surface area contributed by atoms with Gasteiger partial charge in [0.15, 0.2) is 11.6 Å². The lowest BCUT2D eigenvalue weighted by Crippen LogP contribution is -2.53. The highest BCUT2D eigenvalue weighted by Crippen LogP contribution is 2.13. The van der Waals surface area contributed by atoms with E-state index in [-0.39, 0.29) is 23.9 Å². The molecule has 0 spiro atoms. The van der Waals surface area contributed by atoms with E-state index in [9.17, 15) is 14.4 Å². The third-order valence-electron chi connectivity index (χ3n) is 3.47. The van der Waals surface area contributed by atoms with Crippen LogP contribution in [0.5, 0.6) is 0 Å². The highest BCUT2D eigenvalue weighted by Gasteiger charge is 2.31. The van der Waals surface area contributed by atoms with E-state index in [1.165, 1.54) is 14.0 Å². The first kappa shape index (κ1) is 15.3. The standard InChI is InChI=1S/C15H18N2O4/c1-9(18)10-3-5-11(6-4-10)17-15(20)12-7-13(19)14(21-2)8-16-12/h3-6,12,14,16H,7-8H2,1-2H3,(H,17,20). The van der Waals surface area contributed by atoms with Gasteiger partial charge < -0.3 is 15.4 Å². The Balaban J connectivity index is 1.95. The summed E-state index contributed by atoms with van der Waals surface area (Å²) in [5.41, 5.74) is 1.18. The van der Waals surface area contributed by atoms with Gasteiger partial charge in [-0.15, -0.1) is 0 Å². The summed E-state index contributed by atoms with van der Waals surface area (Å²) in [6, 6.07) is 6.07. The second kappa shape index (κ2) is 6.60. The molecule has 2 unspecified atom stereocenters. The average molecular weight is 290 g/mol. The quantitative estimate of drug-likeness (QED) is 0.800. The van der Waals surface area contributed by atoms with Crippen molar-refractivity contribution in [2.24, 2.45) is 0 Å². The van der Waals surface area contributed by atoms with Crippen LogP contribution in [0.15, 0.2) is 24.3 Å². The molecule has 1 fully saturated rings. The van der Waals surface area contributed by atoms with Crippen molar-refractivity contribution in [3.05, 3.63) is 29.8 Å². The van der Waals surface area contributed by atoms with Gasteiger partial charge in [-0.05, 0) is 31.2 Å². The van der Waals surface area contributed by atoms with Gasteiger partial charge in [-0.25, -0.2) is 0 Å². The summed E-state index contributed by atoms with van der Waals surface area (Å²) in [7, 11) is 1.47. The minimum atomic E-state index is -0.559. The molecule has 2 rings (SSSR count). The topological polar surface area (TPSA) is 84.5 Å². The largest absolute Gasteiger partial charge is 0.372 e. The molecule has 0 radical (unpaired) electrons. The van der Waals surface area contributed by atoms with Crippen LogP contribution in [0.4, 0.5) is 5.69 Å². The number of benzene rings is 1. The maximum Gasteiger partial charge on any atom is 0.241 e. The van der Waals surface area contributed by atoms with Crippen molar-refractivity contribution < 1.29 is 19.1 Å². The van der Waals surface area contributed by atoms with Gasteiger partial charge in [0.1, 0.15) is 6.10 Å². The van der Waals surface area contributed by atoms with E-state index >= 15 is 0 Å². The van der Waals surface area contributed by atoms with Gasteiger partial charge in [0.25, 0.3) is 0 Å². The molecule has 112 valence electrons. The average Bonchev–Trinajstić information content (AvgIpc) is 2.47. The molecular weight excluding hydrogens is 272 g/mol. The van der Waals surface area contributed by atoms with Gasteiger partial charge in [-0.1, -0.05) is 0 Å². The number of rotatable bonds is 4. The van der Waals surface area contributed by atoms with Crippen molar-refractivity contribution >= 4 is 23.2 Å². The maximum atomic E-state index is 12.1. The van der Waals surface area contributed by atoms with Crippen LogP contribution in [-0.4, -0.2) is 43.3 Å². The van der Waals surface area contributed by atoms with Crippen LogP contribution in [0.25, 0.3) is 0 Å². The van der Waals surface area contributed by atoms with Crippen LogP contribution in [0.2, 0.25) is 0 Å². The summed E-state index contributed by atoms with van der Waals surface area (Å²) in [4.78, 5) is 35.0. The van der Waals surface area contributed by atoms with Crippen LogP contribution in [0.1, 0.15) is 23.7 Å². The Hall–Kier alpha value is -2.05. The van der Waals surface area contributed by atoms with E-state index < -0.39 is 12.1 Å². The molecule has 0 saturated carbocycles. The second-order valence-corrected chi connectivity index (χ2v) is 4.98. The molecule has 0 bridgehead atoms. The first-order valence-corrected chi connectivity index (χ1v) is 6.72. The Morgan fingerprint density at radius 2 is 1.95 bits per heavy atom. The normalized spacial score (nSPS) is 21.9. The lowest BCUT2D eigenvalue weighted by Gasteiger charge is -2.27. The Morgan fingerprint density at radius 3 is 2.48 bits per heavy atom. The maximum absolute atomic E-state index is 12.1. The predicted molar refractivity (Wildman–Crippen MR) is 77.3 cm³/mol. The number of nitrogens with one attached hydrogen (secondary N) is 2. The fourth-order valence-corrected chi connectivity index (χ4v) is 2.19. The van der Waals surface area contributed by atoms with Gasteiger partial charge in [0, 0.05) is 31.3 Å². The molecule has 1 aromatic carbocycles. The van der Waals surface area contributed by atoms with Crippen molar-refractivity contribution in [3.8, 4) is 0 Å². The van der Waals surface area contributed by atoms with E-state index in [1.54, 1.807) is 24.3 Å². The van der Waals surface area contributed by atoms with E-state index in [0.29, 0.717) is 17.8 Å². The minimum Gasteiger partial charge on any atom is -0.372 e. The number of hydrogen-bond acceptors (Lipinski definition) is 5. The fraction of sp³-hybridized carbons (Fsp3) is 0.400. The predicted octanol–water partition coefficient (Wildman–Crippen LogP) is 0.774. The Morgan fingerprint density at radius 1 is 1.29 bits per heavy atom. The number of carbonyl (C=O) groups excluding carboxylic acids is 3. The number of ether oxygens (including phenoxy) is 1. The molecule has 6 nitrogen and oxygen atoms in total. The van der Waals surface area contributed by atoms with E-state index in [1.807, 2.05) is 0 Å². The summed E-state index contributed by atoms with van der Waals surface area (Å²) >= 11 is 0. The molecule has 0 aliphatic carbocycles. The van der Waals surface area contributed by atoms with Gasteiger partial charge in [0.2, 0.25) is 5.91 Å². The third kappa shape index (κ3) is 3.74. The van der Waals surface area contributed by atoms with Gasteiger partial charge >= 0.3 is 0 Å². The number of Topliss-reactive ketones (excluding diaryl/α,β-unsaturated/α-hetero) is 2. The third-order valence-corrected chi connectivity index (χ3v) is 3.47. The summed E-state index contributed by atoms with van der Waals surface area (Å²) in [6.07, 6.45) is -0.375. The lowest BCUT2D eigenvalue weighted by atomic mass is 10.0. The van der Waals surface area contributed by atoms with Crippen LogP contribution >= 0.6 is 0 Å². The highest BCUT2D eigenvalue weighted by molar-refractivity contribution is 6.00. The van der Waals surface area contributed by atoms with Crippen LogP contribution < -0.4 is 10.6 Å². The molecule has 1 heterocycles. The van der Waals surface area contributed by atoms with Crippen molar-refractivity contribution in [2.45, 2.75) is 25.5 Å². The number of amides is 1. The SMILES string of the molecule is COC1CNC(C(=O)Nc2ccc(C(C)=O)cc2)CC1=O. The molecule has 2 atom stereocenters. The molecule has 1 aliphatic heterocycles. The number of piperidine rings is 1. The van der Waals surface area contributed by atoms with E-state index in [0.717, 1.165) is 0 Å². The number of hydrogen-bond donors (Lipinski definition) is 2. The molecule has 1 aliphatic rings. The summed E-state index contributed by atoms with van der Waals surface area (Å²) in [5.74, 6) is -0.380. The van der Waals surface area contributed by atoms with Crippen LogP contribution in [-0.2, 0) is 14.3 Å². The molecule has 1 saturated heterocycles. The zero-order valence-electron chi connectivity index (χ0n) is 12.0. The van der Waals surface area contributed by atoms with E-state index in [2.05, 4.69) is 10.6 Å². The number of ketones is 2. The molecule has 6 heteroatoms. The zero-order chi connectivity index (χ0) is 15.4. The monoisotopic (exact) mass is 290 g/mol. The van der Waals surface area contributed by atoms with Gasteiger partial charge in [-0.3, -0.25) is 14.4 Å². The molecule has 1 aromatic rings. The first-order chi connectivity index (χ1) is 10.0. The molecule has 21 heavy (non-hydrogen) atoms. The fourth-order valence-electron chi connectivity index (χ4n) is 2.19. The van der Waals surface area contributed by atoms with E-state index in [4.69, 9.17) is 4.74 Å². The molecular formula is C15H18N2O4. The Bertz CT molecular complexity index is 553. The van der Waals surface area contributed by atoms with Gasteiger partial charge in [-0.2, -0.15) is 0 Å². The van der Waals surface area contributed by atoms with Crippen molar-refractivity contribution in [2.75, 3.05) is 19.0 Å². The van der Waals surface area contributed by atoms with Gasteiger partial charge in [0.05, 0.1) is 6.04 Å². The van der Waals surface area contributed by atoms with Crippen molar-refractivity contribution in [3.63, 3.8) is 0 Å². The molecule has 2 N–H and O–H groups in total.